The average molecular weight is 350 g/mol. The fourth-order valence-corrected chi connectivity index (χ4v) is 2.18. The largest absolute Gasteiger partial charge is 0.507 e. The highest BCUT2D eigenvalue weighted by atomic mass is 79.9. The number of anilines is 1. The highest BCUT2D eigenvalue weighted by Gasteiger charge is 2.13. The number of carboxylic acid groups (broad SMARTS) is 1. The van der Waals surface area contributed by atoms with Crippen molar-refractivity contribution in [2.75, 3.05) is 5.32 Å². The molecule has 108 valence electrons. The van der Waals surface area contributed by atoms with Crippen molar-refractivity contribution in [1.82, 2.24) is 0 Å². The van der Waals surface area contributed by atoms with Crippen LogP contribution in [-0.2, 0) is 0 Å². The minimum atomic E-state index is -1.26. The molecule has 3 N–H and O–H groups in total. The average Bonchev–Trinajstić information content (AvgIpc) is 2.43. The molecule has 5 nitrogen and oxygen atoms in total. The first-order valence-electron chi connectivity index (χ1n) is 6.02. The van der Waals surface area contributed by atoms with Gasteiger partial charge in [0.05, 0.1) is 0 Å². The molecule has 2 aromatic carbocycles. The summed E-state index contributed by atoms with van der Waals surface area (Å²) in [5.41, 5.74) is 1.32. The number of aromatic hydroxyl groups is 1. The summed E-state index contributed by atoms with van der Waals surface area (Å²) in [5.74, 6) is -1.96. The third-order valence-corrected chi connectivity index (χ3v) is 3.42. The first-order chi connectivity index (χ1) is 9.88. The molecule has 0 atom stereocenters. The van der Waals surface area contributed by atoms with Crippen molar-refractivity contribution >= 4 is 33.5 Å². The van der Waals surface area contributed by atoms with Gasteiger partial charge in [-0.15, -0.1) is 0 Å². The van der Waals surface area contributed by atoms with Crippen LogP contribution in [0.3, 0.4) is 0 Å². The van der Waals surface area contributed by atoms with Gasteiger partial charge in [-0.05, 0) is 42.8 Å². The first-order valence-corrected chi connectivity index (χ1v) is 6.81. The number of carbonyl (C=O) groups is 2. The number of hydrogen-bond acceptors (Lipinski definition) is 3. The van der Waals surface area contributed by atoms with Gasteiger partial charge in [0, 0.05) is 15.7 Å². The minimum Gasteiger partial charge on any atom is -0.507 e. The van der Waals surface area contributed by atoms with Gasteiger partial charge in [-0.1, -0.05) is 22.0 Å². The molecule has 0 saturated carbocycles. The molecular weight excluding hydrogens is 338 g/mol. The molecule has 0 heterocycles. The maximum absolute atomic E-state index is 12.2. The fourth-order valence-electron chi connectivity index (χ4n) is 1.82. The lowest BCUT2D eigenvalue weighted by atomic mass is 10.1. The van der Waals surface area contributed by atoms with Gasteiger partial charge in [0.1, 0.15) is 11.3 Å². The van der Waals surface area contributed by atoms with Crippen LogP contribution < -0.4 is 5.32 Å². The van der Waals surface area contributed by atoms with Gasteiger partial charge in [0.15, 0.2) is 0 Å². The molecule has 0 aliphatic carbocycles. The molecule has 6 heteroatoms. The molecule has 0 bridgehead atoms. The molecule has 2 rings (SSSR count). The van der Waals surface area contributed by atoms with Crippen LogP contribution in [0, 0.1) is 6.92 Å². The second-order valence-corrected chi connectivity index (χ2v) is 5.37. The van der Waals surface area contributed by atoms with E-state index in [1.54, 1.807) is 19.1 Å². The Balaban J connectivity index is 2.29. The summed E-state index contributed by atoms with van der Waals surface area (Å²) in [6.45, 7) is 1.81. The first kappa shape index (κ1) is 15.1. The number of amides is 1. The Hall–Kier alpha value is -2.34. The lowest BCUT2D eigenvalue weighted by molar-refractivity contribution is 0.0693. The maximum atomic E-state index is 12.2. The third kappa shape index (κ3) is 3.41. The van der Waals surface area contributed by atoms with Gasteiger partial charge in [-0.2, -0.15) is 0 Å². The number of rotatable bonds is 3. The molecule has 0 saturated heterocycles. The SMILES string of the molecule is Cc1ccc(Br)cc1C(=O)Nc1ccc(O)c(C(=O)O)c1. The van der Waals surface area contributed by atoms with Crippen molar-refractivity contribution < 1.29 is 19.8 Å². The zero-order chi connectivity index (χ0) is 15.6. The van der Waals surface area contributed by atoms with Crippen LogP contribution in [0.2, 0.25) is 0 Å². The predicted octanol–water partition coefficient (Wildman–Crippen LogP) is 3.41. The highest BCUT2D eigenvalue weighted by molar-refractivity contribution is 9.10. The van der Waals surface area contributed by atoms with E-state index in [2.05, 4.69) is 21.2 Å². The van der Waals surface area contributed by atoms with Gasteiger partial charge in [0.25, 0.3) is 5.91 Å². The Bertz CT molecular complexity index is 728. The highest BCUT2D eigenvalue weighted by Crippen LogP contribution is 2.23. The van der Waals surface area contributed by atoms with Crippen molar-refractivity contribution in [3.8, 4) is 5.75 Å². The second kappa shape index (κ2) is 5.97. The van der Waals surface area contributed by atoms with E-state index in [1.165, 1.54) is 18.2 Å². The van der Waals surface area contributed by atoms with E-state index in [-0.39, 0.29) is 17.2 Å². The predicted molar refractivity (Wildman–Crippen MR) is 81.9 cm³/mol. The molecule has 0 fully saturated rings. The molecule has 2 aromatic rings. The van der Waals surface area contributed by atoms with Crippen molar-refractivity contribution in [2.45, 2.75) is 6.92 Å². The molecule has 0 spiro atoms. The Kier molecular flexibility index (Phi) is 4.28. The summed E-state index contributed by atoms with van der Waals surface area (Å²) in [6, 6.07) is 9.19. The van der Waals surface area contributed by atoms with Crippen molar-refractivity contribution in [2.24, 2.45) is 0 Å². The monoisotopic (exact) mass is 349 g/mol. The van der Waals surface area contributed by atoms with E-state index in [0.717, 1.165) is 10.0 Å². The molecule has 0 aliphatic heterocycles. The standard InChI is InChI=1S/C15H12BrNO4/c1-8-2-3-9(16)6-11(8)14(19)17-10-4-5-13(18)12(7-10)15(20)21/h2-7,18H,1H3,(H,17,19)(H,20,21). The zero-order valence-electron chi connectivity index (χ0n) is 11.1. The minimum absolute atomic E-state index is 0.265. The van der Waals surface area contributed by atoms with Crippen molar-refractivity contribution in [1.29, 1.82) is 0 Å². The van der Waals surface area contributed by atoms with E-state index in [0.29, 0.717) is 11.3 Å². The van der Waals surface area contributed by atoms with E-state index < -0.39 is 5.97 Å². The van der Waals surface area contributed by atoms with Gasteiger partial charge in [0.2, 0.25) is 0 Å². The van der Waals surface area contributed by atoms with Crippen LogP contribution in [0.5, 0.6) is 5.75 Å². The summed E-state index contributed by atoms with van der Waals surface area (Å²) in [7, 11) is 0. The molecule has 0 radical (unpaired) electrons. The van der Waals surface area contributed by atoms with E-state index in [1.807, 2.05) is 6.07 Å². The molecule has 0 aromatic heterocycles. The lowest BCUT2D eigenvalue weighted by Crippen LogP contribution is -2.14. The number of nitrogens with one attached hydrogen (secondary N) is 1. The molecule has 0 unspecified atom stereocenters. The van der Waals surface area contributed by atoms with Crippen LogP contribution in [0.15, 0.2) is 40.9 Å². The maximum Gasteiger partial charge on any atom is 0.339 e. The Morgan fingerprint density at radius 2 is 1.81 bits per heavy atom. The van der Waals surface area contributed by atoms with Crippen LogP contribution in [0.4, 0.5) is 5.69 Å². The van der Waals surface area contributed by atoms with Crippen LogP contribution in [-0.4, -0.2) is 22.1 Å². The number of aromatic carboxylic acids is 1. The van der Waals surface area contributed by atoms with E-state index in [9.17, 15) is 14.7 Å². The third-order valence-electron chi connectivity index (χ3n) is 2.93. The van der Waals surface area contributed by atoms with E-state index in [4.69, 9.17) is 5.11 Å². The summed E-state index contributed by atoms with van der Waals surface area (Å²) in [5, 5.41) is 21.0. The molecule has 1 amide bonds. The summed E-state index contributed by atoms with van der Waals surface area (Å²) in [4.78, 5) is 23.2. The van der Waals surface area contributed by atoms with Crippen molar-refractivity contribution in [3.05, 3.63) is 57.6 Å². The fraction of sp³-hybridized carbons (Fsp3) is 0.0667. The zero-order valence-corrected chi connectivity index (χ0v) is 12.6. The number of aryl methyl sites for hydroxylation is 1. The Morgan fingerprint density at radius 1 is 1.10 bits per heavy atom. The van der Waals surface area contributed by atoms with Gasteiger partial charge < -0.3 is 15.5 Å². The molecule has 0 aliphatic rings. The van der Waals surface area contributed by atoms with Crippen LogP contribution in [0.1, 0.15) is 26.3 Å². The normalized spacial score (nSPS) is 10.2. The van der Waals surface area contributed by atoms with Gasteiger partial charge >= 0.3 is 5.97 Å². The smallest absolute Gasteiger partial charge is 0.339 e. The number of hydrogen-bond donors (Lipinski definition) is 3. The van der Waals surface area contributed by atoms with Crippen LogP contribution in [0.25, 0.3) is 0 Å². The van der Waals surface area contributed by atoms with Crippen molar-refractivity contribution in [3.63, 3.8) is 0 Å². The Morgan fingerprint density at radius 3 is 2.48 bits per heavy atom. The summed E-state index contributed by atoms with van der Waals surface area (Å²) >= 11 is 3.30. The summed E-state index contributed by atoms with van der Waals surface area (Å²) < 4.78 is 0.773. The Labute approximate surface area is 129 Å². The van der Waals surface area contributed by atoms with Gasteiger partial charge in [-0.3, -0.25) is 4.79 Å². The second-order valence-electron chi connectivity index (χ2n) is 4.45. The topological polar surface area (TPSA) is 86.6 Å². The number of carbonyl (C=O) groups excluding carboxylic acids is 1. The number of benzene rings is 2. The quantitative estimate of drug-likeness (QED) is 0.741. The number of halogens is 1. The number of carboxylic acids is 1. The molecule has 21 heavy (non-hydrogen) atoms. The van der Waals surface area contributed by atoms with E-state index >= 15 is 0 Å². The summed E-state index contributed by atoms with van der Waals surface area (Å²) in [6.07, 6.45) is 0. The lowest BCUT2D eigenvalue weighted by Gasteiger charge is -2.09. The van der Waals surface area contributed by atoms with Crippen LogP contribution >= 0.6 is 15.9 Å². The van der Waals surface area contributed by atoms with Gasteiger partial charge in [-0.25, -0.2) is 4.79 Å². The number of phenols is 1. The molecular formula is C15H12BrNO4.